The van der Waals surface area contributed by atoms with Gasteiger partial charge in [0, 0.05) is 0 Å². The molecule has 2 nitrogen and oxygen atoms in total. The van der Waals surface area contributed by atoms with Gasteiger partial charge in [0.1, 0.15) is 0 Å². The Hall–Kier alpha value is -1.38. The van der Waals surface area contributed by atoms with Crippen LogP contribution in [0, 0.1) is 12.7 Å². The predicted molar refractivity (Wildman–Crippen MR) is 49.5 cm³/mol. The first kappa shape index (κ1) is 11.6. The molecule has 0 radical (unpaired) electrons. The molecule has 0 aliphatic heterocycles. The molecule has 0 atom stereocenters. The molecular weight excluding hydrogens is 171 g/mol. The minimum absolute atomic E-state index is 0.0203. The number of hydrogen-bond donors (Lipinski definition) is 1. The first-order chi connectivity index (χ1) is 6.16. The van der Waals surface area contributed by atoms with E-state index < -0.39 is 11.6 Å². The van der Waals surface area contributed by atoms with Crippen LogP contribution >= 0.6 is 0 Å². The Kier molecular flexibility index (Phi) is 4.74. The van der Waals surface area contributed by atoms with Gasteiger partial charge in [0.05, 0.1) is 5.56 Å². The highest BCUT2D eigenvalue weighted by molar-refractivity contribution is 5.79. The zero-order valence-corrected chi connectivity index (χ0v) is 7.97. The van der Waals surface area contributed by atoms with Gasteiger partial charge in [-0.2, -0.15) is 0 Å². The lowest BCUT2D eigenvalue weighted by atomic mass is 10.1. The normalized spacial score (nSPS) is 8.62. The fourth-order valence-corrected chi connectivity index (χ4v) is 0.775. The number of phenolic OH excluding ortho intramolecular Hbond substituents is 1. The molecule has 1 N–H and O–H groups in total. The maximum Gasteiger partial charge on any atom is 0.168 e. The van der Waals surface area contributed by atoms with Crippen LogP contribution < -0.4 is 0 Å². The van der Waals surface area contributed by atoms with E-state index in [1.54, 1.807) is 0 Å². The Morgan fingerprint density at radius 1 is 1.38 bits per heavy atom. The van der Waals surface area contributed by atoms with Crippen LogP contribution in [-0.2, 0) is 0 Å². The van der Waals surface area contributed by atoms with Gasteiger partial charge in [-0.25, -0.2) is 4.39 Å². The summed E-state index contributed by atoms with van der Waals surface area (Å²) in [5.41, 5.74) is 0.307. The van der Waals surface area contributed by atoms with E-state index >= 15 is 0 Å². The molecule has 1 rings (SSSR count). The van der Waals surface area contributed by atoms with Gasteiger partial charge in [-0.3, -0.25) is 4.79 Å². The summed E-state index contributed by atoms with van der Waals surface area (Å²) in [4.78, 5) is 10.2. The third-order valence-electron chi connectivity index (χ3n) is 1.47. The Balaban J connectivity index is 0.000000671. The molecule has 1 aromatic rings. The highest BCUT2D eigenvalue weighted by atomic mass is 19.1. The molecule has 0 aliphatic carbocycles. The molecule has 0 aromatic heterocycles. The van der Waals surface area contributed by atoms with Crippen LogP contribution in [0.15, 0.2) is 12.1 Å². The lowest BCUT2D eigenvalue weighted by molar-refractivity contribution is 0.112. The van der Waals surface area contributed by atoms with E-state index in [0.29, 0.717) is 11.8 Å². The van der Waals surface area contributed by atoms with E-state index in [2.05, 4.69) is 0 Å². The third kappa shape index (κ3) is 2.54. The van der Waals surface area contributed by atoms with Crippen LogP contribution in [0.5, 0.6) is 5.75 Å². The van der Waals surface area contributed by atoms with Crippen LogP contribution in [0.2, 0.25) is 0 Å². The summed E-state index contributed by atoms with van der Waals surface area (Å²) in [6.45, 7) is 5.52. The van der Waals surface area contributed by atoms with E-state index in [1.165, 1.54) is 19.1 Å². The number of phenols is 1. The summed E-state index contributed by atoms with van der Waals surface area (Å²) in [6, 6.07) is 2.82. The summed E-state index contributed by atoms with van der Waals surface area (Å²) in [5.74, 6) is -1.30. The maximum atomic E-state index is 12.8. The SMILES string of the molecule is CC.Cc1ccc(C=O)c(O)c1F. The Bertz CT molecular complexity index is 295. The molecule has 0 aliphatic rings. The number of carbonyl (C=O) groups is 1. The third-order valence-corrected chi connectivity index (χ3v) is 1.47. The van der Waals surface area contributed by atoms with Crippen molar-refractivity contribution < 1.29 is 14.3 Å². The molecule has 1 aromatic carbocycles. The molecule has 0 spiro atoms. The molecule has 0 saturated carbocycles. The standard InChI is InChI=1S/C8H7FO2.C2H6/c1-5-2-3-6(4-10)8(11)7(5)9;1-2/h2-4,11H,1H3;1-2H3. The lowest BCUT2D eigenvalue weighted by Crippen LogP contribution is -1.88. The first-order valence-electron chi connectivity index (χ1n) is 4.10. The van der Waals surface area contributed by atoms with Crippen LogP contribution in [0.25, 0.3) is 0 Å². The first-order valence-corrected chi connectivity index (χ1v) is 4.10. The second-order valence-corrected chi connectivity index (χ2v) is 2.25. The van der Waals surface area contributed by atoms with E-state index in [-0.39, 0.29) is 5.56 Å². The highest BCUT2D eigenvalue weighted by Crippen LogP contribution is 2.21. The van der Waals surface area contributed by atoms with Crippen LogP contribution in [0.3, 0.4) is 0 Å². The van der Waals surface area contributed by atoms with Crippen molar-refractivity contribution in [1.29, 1.82) is 0 Å². The number of rotatable bonds is 1. The second kappa shape index (κ2) is 5.30. The van der Waals surface area contributed by atoms with Gasteiger partial charge >= 0.3 is 0 Å². The van der Waals surface area contributed by atoms with Crippen molar-refractivity contribution in [3.8, 4) is 5.75 Å². The zero-order valence-electron chi connectivity index (χ0n) is 7.97. The highest BCUT2D eigenvalue weighted by Gasteiger charge is 2.07. The van der Waals surface area contributed by atoms with Crippen molar-refractivity contribution >= 4 is 6.29 Å². The minimum Gasteiger partial charge on any atom is -0.504 e. The van der Waals surface area contributed by atoms with E-state index in [1.807, 2.05) is 13.8 Å². The number of hydrogen-bond acceptors (Lipinski definition) is 2. The summed E-state index contributed by atoms with van der Waals surface area (Å²) in [5, 5.41) is 8.97. The molecule has 0 unspecified atom stereocenters. The lowest BCUT2D eigenvalue weighted by Gasteiger charge is -2.00. The van der Waals surface area contributed by atoms with Crippen molar-refractivity contribution in [2.24, 2.45) is 0 Å². The van der Waals surface area contributed by atoms with Gasteiger partial charge in [0.25, 0.3) is 0 Å². The average Bonchev–Trinajstić information content (AvgIpc) is 2.18. The second-order valence-electron chi connectivity index (χ2n) is 2.25. The fourth-order valence-electron chi connectivity index (χ4n) is 0.775. The molecule has 13 heavy (non-hydrogen) atoms. The number of carbonyl (C=O) groups excluding carboxylic acids is 1. The number of aryl methyl sites for hydroxylation is 1. The zero-order chi connectivity index (χ0) is 10.4. The van der Waals surface area contributed by atoms with Gasteiger partial charge in [0.2, 0.25) is 0 Å². The van der Waals surface area contributed by atoms with Gasteiger partial charge in [-0.15, -0.1) is 0 Å². The molecule has 0 heterocycles. The van der Waals surface area contributed by atoms with Gasteiger partial charge < -0.3 is 5.11 Å². The topological polar surface area (TPSA) is 37.3 Å². The van der Waals surface area contributed by atoms with Crippen molar-refractivity contribution in [2.75, 3.05) is 0 Å². The largest absolute Gasteiger partial charge is 0.504 e. The molecule has 0 bridgehead atoms. The number of halogens is 1. The Labute approximate surface area is 77.0 Å². The predicted octanol–water partition coefficient (Wildman–Crippen LogP) is 2.68. The number of benzene rings is 1. The minimum atomic E-state index is -0.727. The van der Waals surface area contributed by atoms with Crippen LogP contribution in [0.4, 0.5) is 4.39 Å². The van der Waals surface area contributed by atoms with Gasteiger partial charge in [0.15, 0.2) is 17.9 Å². The van der Waals surface area contributed by atoms with Crippen LogP contribution in [0.1, 0.15) is 29.8 Å². The van der Waals surface area contributed by atoms with Crippen molar-refractivity contribution in [2.45, 2.75) is 20.8 Å². The van der Waals surface area contributed by atoms with E-state index in [0.717, 1.165) is 0 Å². The molecule has 0 fully saturated rings. The summed E-state index contributed by atoms with van der Waals surface area (Å²) in [7, 11) is 0. The monoisotopic (exact) mass is 184 g/mol. The average molecular weight is 184 g/mol. The number of aromatic hydroxyl groups is 1. The van der Waals surface area contributed by atoms with Crippen molar-refractivity contribution in [1.82, 2.24) is 0 Å². The molecule has 72 valence electrons. The molecular formula is C10H13FO2. The van der Waals surface area contributed by atoms with Crippen molar-refractivity contribution in [3.63, 3.8) is 0 Å². The summed E-state index contributed by atoms with van der Waals surface area (Å²) < 4.78 is 12.8. The van der Waals surface area contributed by atoms with Crippen LogP contribution in [-0.4, -0.2) is 11.4 Å². The molecule has 0 amide bonds. The molecule has 0 saturated heterocycles. The van der Waals surface area contributed by atoms with Crippen molar-refractivity contribution in [3.05, 3.63) is 29.1 Å². The molecule has 3 heteroatoms. The number of aldehydes is 1. The summed E-state index contributed by atoms with van der Waals surface area (Å²) >= 11 is 0. The van der Waals surface area contributed by atoms with E-state index in [4.69, 9.17) is 5.11 Å². The van der Waals surface area contributed by atoms with Gasteiger partial charge in [-0.1, -0.05) is 19.9 Å². The Morgan fingerprint density at radius 3 is 2.38 bits per heavy atom. The maximum absolute atomic E-state index is 12.8. The quantitative estimate of drug-likeness (QED) is 0.681. The van der Waals surface area contributed by atoms with Gasteiger partial charge in [-0.05, 0) is 18.6 Å². The fraction of sp³-hybridized carbons (Fsp3) is 0.300. The van der Waals surface area contributed by atoms with E-state index in [9.17, 15) is 9.18 Å². The smallest absolute Gasteiger partial charge is 0.168 e. The Morgan fingerprint density at radius 2 is 1.92 bits per heavy atom. The summed E-state index contributed by atoms with van der Waals surface area (Å²) in [6.07, 6.45) is 0.415.